The summed E-state index contributed by atoms with van der Waals surface area (Å²) in [7, 11) is 0. The molecule has 0 heterocycles. The maximum Gasteiger partial charge on any atom is 0.385 e. The quantitative estimate of drug-likeness (QED) is 0.592. The molecule has 0 aliphatic heterocycles. The molecule has 0 aliphatic rings. The molecule has 1 aromatic rings. The minimum absolute atomic E-state index is 0.0929. The molecule has 6 heteroatoms. The van der Waals surface area contributed by atoms with Crippen LogP contribution in [0, 0.1) is 0 Å². The molecule has 0 amide bonds. The van der Waals surface area contributed by atoms with E-state index in [0.717, 1.165) is 0 Å². The van der Waals surface area contributed by atoms with Crippen LogP contribution in [0.2, 0.25) is 0 Å². The highest BCUT2D eigenvalue weighted by Crippen LogP contribution is 2.22. The second-order valence-electron chi connectivity index (χ2n) is 2.75. The van der Waals surface area contributed by atoms with Crippen molar-refractivity contribution in [3.63, 3.8) is 0 Å². The standard InChI is InChI=1S/C9H10F3NO2/c10-5-9(11,12)15-6-13-7-3-1-2-4-8(7)14/h1-4,13-14H,5-6H2. The van der Waals surface area contributed by atoms with E-state index in [1.165, 1.54) is 12.1 Å². The van der Waals surface area contributed by atoms with E-state index in [4.69, 9.17) is 0 Å². The lowest BCUT2D eigenvalue weighted by Crippen LogP contribution is -2.26. The van der Waals surface area contributed by atoms with E-state index in [0.29, 0.717) is 0 Å². The van der Waals surface area contributed by atoms with Gasteiger partial charge in [-0.05, 0) is 12.1 Å². The monoisotopic (exact) mass is 221 g/mol. The number of aromatic hydroxyl groups is 1. The minimum Gasteiger partial charge on any atom is -0.506 e. The number of alkyl halides is 3. The van der Waals surface area contributed by atoms with Crippen molar-refractivity contribution >= 4 is 5.69 Å². The van der Waals surface area contributed by atoms with Crippen molar-refractivity contribution in [3.8, 4) is 5.75 Å². The molecule has 0 saturated carbocycles. The van der Waals surface area contributed by atoms with Crippen LogP contribution in [0.3, 0.4) is 0 Å². The summed E-state index contributed by atoms with van der Waals surface area (Å²) >= 11 is 0. The Labute approximate surface area is 84.5 Å². The first-order chi connectivity index (χ1) is 7.05. The third kappa shape index (κ3) is 3.67. The first-order valence-electron chi connectivity index (χ1n) is 4.15. The Kier molecular flexibility index (Phi) is 3.79. The Morgan fingerprint density at radius 3 is 2.60 bits per heavy atom. The second kappa shape index (κ2) is 4.88. The van der Waals surface area contributed by atoms with Crippen LogP contribution < -0.4 is 5.32 Å². The summed E-state index contributed by atoms with van der Waals surface area (Å²) in [6.07, 6.45) is -3.79. The number of benzene rings is 1. The van der Waals surface area contributed by atoms with Crippen LogP contribution in [0.15, 0.2) is 24.3 Å². The first kappa shape index (κ1) is 11.6. The van der Waals surface area contributed by atoms with Crippen LogP contribution in [0.4, 0.5) is 18.9 Å². The summed E-state index contributed by atoms with van der Waals surface area (Å²) in [5.41, 5.74) is 0.243. The SMILES string of the molecule is Oc1ccccc1NCOC(F)(F)CF. The molecule has 0 fully saturated rings. The Hall–Kier alpha value is -1.43. The van der Waals surface area contributed by atoms with Gasteiger partial charge in [-0.25, -0.2) is 4.39 Å². The van der Waals surface area contributed by atoms with E-state index in [9.17, 15) is 18.3 Å². The number of para-hydroxylation sites is 2. The summed E-state index contributed by atoms with van der Waals surface area (Å²) < 4.78 is 40.0. The number of anilines is 1. The zero-order chi connectivity index (χ0) is 11.3. The van der Waals surface area contributed by atoms with E-state index in [-0.39, 0.29) is 11.4 Å². The summed E-state index contributed by atoms with van der Waals surface area (Å²) in [4.78, 5) is 0. The summed E-state index contributed by atoms with van der Waals surface area (Å²) in [6.45, 7) is -2.47. The molecule has 0 aromatic heterocycles. The maximum absolute atomic E-state index is 12.3. The average Bonchev–Trinajstić information content (AvgIpc) is 2.21. The summed E-state index contributed by atoms with van der Waals surface area (Å²) in [5.74, 6) is -0.0929. The number of ether oxygens (including phenoxy) is 1. The van der Waals surface area contributed by atoms with Gasteiger partial charge in [-0.15, -0.1) is 0 Å². The fraction of sp³-hybridized carbons (Fsp3) is 0.333. The molecule has 0 bridgehead atoms. The lowest BCUT2D eigenvalue weighted by atomic mass is 10.3. The van der Waals surface area contributed by atoms with Crippen LogP contribution >= 0.6 is 0 Å². The van der Waals surface area contributed by atoms with E-state index in [2.05, 4.69) is 10.1 Å². The van der Waals surface area contributed by atoms with Gasteiger partial charge in [0.05, 0.1) is 5.69 Å². The summed E-state index contributed by atoms with van der Waals surface area (Å²) in [6, 6.07) is 6.05. The molecular weight excluding hydrogens is 211 g/mol. The van der Waals surface area contributed by atoms with Crippen LogP contribution in [-0.2, 0) is 4.74 Å². The highest BCUT2D eigenvalue weighted by Gasteiger charge is 2.29. The molecule has 3 nitrogen and oxygen atoms in total. The van der Waals surface area contributed by atoms with Crippen molar-refractivity contribution in [2.45, 2.75) is 6.11 Å². The molecule has 0 unspecified atom stereocenters. The molecule has 1 aromatic carbocycles. The number of phenols is 1. The average molecular weight is 221 g/mol. The normalized spacial score (nSPS) is 11.4. The zero-order valence-corrected chi connectivity index (χ0v) is 7.71. The maximum atomic E-state index is 12.3. The third-order valence-corrected chi connectivity index (χ3v) is 1.61. The highest BCUT2D eigenvalue weighted by atomic mass is 19.3. The molecule has 1 rings (SSSR count). The van der Waals surface area contributed by atoms with E-state index >= 15 is 0 Å². The Bertz CT molecular complexity index is 320. The lowest BCUT2D eigenvalue weighted by Gasteiger charge is -2.14. The van der Waals surface area contributed by atoms with Gasteiger partial charge >= 0.3 is 6.11 Å². The fourth-order valence-electron chi connectivity index (χ4n) is 0.881. The second-order valence-corrected chi connectivity index (χ2v) is 2.75. The van der Waals surface area contributed by atoms with Gasteiger partial charge in [0, 0.05) is 0 Å². The van der Waals surface area contributed by atoms with Crippen molar-refractivity contribution in [1.29, 1.82) is 0 Å². The van der Waals surface area contributed by atoms with Crippen LogP contribution in [0.1, 0.15) is 0 Å². The van der Waals surface area contributed by atoms with Gasteiger partial charge in [-0.1, -0.05) is 12.1 Å². The van der Waals surface area contributed by atoms with Gasteiger partial charge in [0.25, 0.3) is 0 Å². The molecule has 0 saturated heterocycles. The first-order valence-corrected chi connectivity index (χ1v) is 4.15. The number of phenolic OH excluding ortho intramolecular Hbond substituents is 1. The molecule has 15 heavy (non-hydrogen) atoms. The van der Waals surface area contributed by atoms with Crippen LogP contribution in [0.5, 0.6) is 5.75 Å². The van der Waals surface area contributed by atoms with E-state index < -0.39 is 19.5 Å². The molecule has 84 valence electrons. The molecule has 0 atom stereocenters. The van der Waals surface area contributed by atoms with E-state index in [1.807, 2.05) is 0 Å². The van der Waals surface area contributed by atoms with E-state index in [1.54, 1.807) is 12.1 Å². The van der Waals surface area contributed by atoms with Crippen molar-refractivity contribution in [2.24, 2.45) is 0 Å². The largest absolute Gasteiger partial charge is 0.506 e. The van der Waals surface area contributed by atoms with Gasteiger partial charge in [-0.2, -0.15) is 8.78 Å². The fourth-order valence-corrected chi connectivity index (χ4v) is 0.881. The van der Waals surface area contributed by atoms with Crippen molar-refractivity contribution in [2.75, 3.05) is 18.7 Å². The number of hydrogen-bond donors (Lipinski definition) is 2. The smallest absolute Gasteiger partial charge is 0.385 e. The topological polar surface area (TPSA) is 41.5 Å². The third-order valence-electron chi connectivity index (χ3n) is 1.61. The lowest BCUT2D eigenvalue weighted by molar-refractivity contribution is -0.242. The number of nitrogens with one attached hydrogen (secondary N) is 1. The molecule has 0 spiro atoms. The van der Waals surface area contributed by atoms with Gasteiger partial charge in [0.15, 0.2) is 6.67 Å². The number of halogens is 3. The predicted octanol–water partition coefficient (Wildman–Crippen LogP) is 2.34. The zero-order valence-electron chi connectivity index (χ0n) is 7.71. The van der Waals surface area contributed by atoms with Gasteiger partial charge < -0.3 is 10.4 Å². The minimum atomic E-state index is -3.79. The van der Waals surface area contributed by atoms with Crippen molar-refractivity contribution in [3.05, 3.63) is 24.3 Å². The molecular formula is C9H10F3NO2. The van der Waals surface area contributed by atoms with Crippen molar-refractivity contribution < 1.29 is 23.0 Å². The summed E-state index contributed by atoms with van der Waals surface area (Å²) in [5, 5.41) is 11.6. The number of hydrogen-bond acceptors (Lipinski definition) is 3. The van der Waals surface area contributed by atoms with Crippen LogP contribution in [-0.4, -0.2) is 24.6 Å². The van der Waals surface area contributed by atoms with Crippen LogP contribution in [0.25, 0.3) is 0 Å². The Balaban J connectivity index is 2.42. The number of rotatable bonds is 5. The molecule has 0 radical (unpaired) electrons. The van der Waals surface area contributed by atoms with Gasteiger partial charge in [0.2, 0.25) is 0 Å². The van der Waals surface area contributed by atoms with Crippen molar-refractivity contribution in [1.82, 2.24) is 0 Å². The van der Waals surface area contributed by atoms with Gasteiger partial charge in [0.1, 0.15) is 12.5 Å². The molecule has 2 N–H and O–H groups in total. The highest BCUT2D eigenvalue weighted by molar-refractivity contribution is 5.54. The Morgan fingerprint density at radius 1 is 1.33 bits per heavy atom. The molecule has 0 aliphatic carbocycles. The predicted molar refractivity (Wildman–Crippen MR) is 48.6 cm³/mol. The Morgan fingerprint density at radius 2 is 2.00 bits per heavy atom. The van der Waals surface area contributed by atoms with Gasteiger partial charge in [-0.3, -0.25) is 4.74 Å².